The van der Waals surface area contributed by atoms with Crippen molar-refractivity contribution in [2.75, 3.05) is 20.3 Å². The molecular weight excluding hydrogens is 128 g/mol. The van der Waals surface area contributed by atoms with Crippen molar-refractivity contribution in [3.8, 4) is 0 Å². The van der Waals surface area contributed by atoms with E-state index < -0.39 is 0 Å². The van der Waals surface area contributed by atoms with Crippen molar-refractivity contribution in [3.05, 3.63) is 0 Å². The van der Waals surface area contributed by atoms with Gasteiger partial charge in [-0.05, 0) is 31.1 Å². The average molecular weight is 144 g/mol. The van der Waals surface area contributed by atoms with Gasteiger partial charge in [0.05, 0.1) is 0 Å². The molecule has 2 heteroatoms. The van der Waals surface area contributed by atoms with E-state index in [1.54, 1.807) is 7.11 Å². The van der Waals surface area contributed by atoms with Crippen LogP contribution >= 0.6 is 0 Å². The summed E-state index contributed by atoms with van der Waals surface area (Å²) in [5.74, 6) is 0. The first-order chi connectivity index (χ1) is 4.83. The molecular formula is C8H16O2. The summed E-state index contributed by atoms with van der Waals surface area (Å²) in [6.45, 7) is 1.21. The van der Waals surface area contributed by atoms with Crippen molar-refractivity contribution in [1.82, 2.24) is 0 Å². The van der Waals surface area contributed by atoms with Gasteiger partial charge in [0.15, 0.2) is 0 Å². The van der Waals surface area contributed by atoms with Crippen LogP contribution in [0, 0.1) is 5.41 Å². The van der Waals surface area contributed by atoms with Crippen molar-refractivity contribution in [2.45, 2.75) is 25.7 Å². The normalized spacial score (nSPS) is 21.0. The Morgan fingerprint density at radius 2 is 2.20 bits per heavy atom. The lowest BCUT2D eigenvalue weighted by molar-refractivity contribution is 0.161. The molecule has 0 aromatic rings. The largest absolute Gasteiger partial charge is 0.396 e. The van der Waals surface area contributed by atoms with Crippen molar-refractivity contribution in [1.29, 1.82) is 0 Å². The molecule has 2 nitrogen and oxygen atoms in total. The van der Waals surface area contributed by atoms with Crippen LogP contribution in [0.1, 0.15) is 25.7 Å². The predicted octanol–water partition coefficient (Wildman–Crippen LogP) is 1.19. The molecule has 0 atom stereocenters. The second kappa shape index (κ2) is 3.35. The third-order valence-electron chi connectivity index (χ3n) is 2.35. The molecule has 0 amide bonds. The van der Waals surface area contributed by atoms with Gasteiger partial charge in [0.1, 0.15) is 0 Å². The zero-order valence-corrected chi connectivity index (χ0v) is 6.60. The fraction of sp³-hybridized carbons (Fsp3) is 1.00. The monoisotopic (exact) mass is 144 g/mol. The summed E-state index contributed by atoms with van der Waals surface area (Å²) < 4.78 is 4.93. The first-order valence-corrected chi connectivity index (χ1v) is 3.93. The van der Waals surface area contributed by atoms with Gasteiger partial charge in [0, 0.05) is 20.3 Å². The summed E-state index contributed by atoms with van der Waals surface area (Å²) in [4.78, 5) is 0. The van der Waals surface area contributed by atoms with E-state index >= 15 is 0 Å². The van der Waals surface area contributed by atoms with Gasteiger partial charge in [-0.3, -0.25) is 0 Å². The van der Waals surface area contributed by atoms with Gasteiger partial charge in [-0.2, -0.15) is 0 Å². The lowest BCUT2D eigenvalue weighted by atomic mass is 10.0. The molecule has 1 aliphatic carbocycles. The van der Waals surface area contributed by atoms with E-state index in [4.69, 9.17) is 9.84 Å². The van der Waals surface area contributed by atoms with Crippen LogP contribution in [0.15, 0.2) is 0 Å². The summed E-state index contributed by atoms with van der Waals surface area (Å²) in [7, 11) is 1.72. The molecule has 0 saturated heterocycles. The average Bonchev–Trinajstić information content (AvgIpc) is 2.70. The van der Waals surface area contributed by atoms with Crippen LogP contribution in [0.2, 0.25) is 0 Å². The lowest BCUT2D eigenvalue weighted by Crippen LogP contribution is -2.07. The van der Waals surface area contributed by atoms with E-state index in [9.17, 15) is 0 Å². The molecule has 0 aromatic carbocycles. The summed E-state index contributed by atoms with van der Waals surface area (Å²) >= 11 is 0. The molecule has 1 fully saturated rings. The second-order valence-electron chi connectivity index (χ2n) is 3.25. The summed E-state index contributed by atoms with van der Waals surface area (Å²) in [5.41, 5.74) is 0.318. The minimum absolute atomic E-state index is 0.318. The van der Waals surface area contributed by atoms with E-state index in [1.807, 2.05) is 0 Å². The molecule has 1 saturated carbocycles. The Labute approximate surface area is 62.2 Å². The highest BCUT2D eigenvalue weighted by Gasteiger charge is 2.40. The first-order valence-electron chi connectivity index (χ1n) is 3.93. The van der Waals surface area contributed by atoms with Crippen LogP contribution in [0.5, 0.6) is 0 Å². The maximum atomic E-state index is 8.92. The van der Waals surface area contributed by atoms with Gasteiger partial charge in [-0.1, -0.05) is 0 Å². The highest BCUT2D eigenvalue weighted by Crippen LogP contribution is 2.48. The van der Waals surface area contributed by atoms with Crippen LogP contribution in [0.3, 0.4) is 0 Å². The van der Waals surface area contributed by atoms with Crippen LogP contribution in [0.4, 0.5) is 0 Å². The number of methoxy groups -OCH3 is 1. The molecule has 0 unspecified atom stereocenters. The fourth-order valence-corrected chi connectivity index (χ4v) is 1.26. The van der Waals surface area contributed by atoms with Crippen LogP contribution in [0.25, 0.3) is 0 Å². The molecule has 60 valence electrons. The van der Waals surface area contributed by atoms with Gasteiger partial charge < -0.3 is 9.84 Å². The van der Waals surface area contributed by atoms with E-state index in [2.05, 4.69) is 0 Å². The number of hydrogen-bond donors (Lipinski definition) is 1. The first kappa shape index (κ1) is 8.02. The van der Waals surface area contributed by atoms with E-state index in [1.165, 1.54) is 12.8 Å². The number of hydrogen-bond acceptors (Lipinski definition) is 2. The standard InChI is InChI=1S/C8H16O2/c1-10-6-2-3-8(7-9)4-5-8/h9H,2-7H2,1H3. The molecule has 0 spiro atoms. The third-order valence-corrected chi connectivity index (χ3v) is 2.35. The van der Waals surface area contributed by atoms with Gasteiger partial charge in [0.2, 0.25) is 0 Å². The number of ether oxygens (including phenoxy) is 1. The summed E-state index contributed by atoms with van der Waals surface area (Å²) in [6.07, 6.45) is 4.66. The Morgan fingerprint density at radius 1 is 1.50 bits per heavy atom. The summed E-state index contributed by atoms with van der Waals surface area (Å²) in [5, 5.41) is 8.92. The van der Waals surface area contributed by atoms with Gasteiger partial charge in [0.25, 0.3) is 0 Å². The predicted molar refractivity (Wildman–Crippen MR) is 39.9 cm³/mol. The lowest BCUT2D eigenvalue weighted by Gasteiger charge is -2.09. The van der Waals surface area contributed by atoms with Crippen LogP contribution in [-0.2, 0) is 4.74 Å². The fourth-order valence-electron chi connectivity index (χ4n) is 1.26. The molecule has 0 aromatic heterocycles. The van der Waals surface area contributed by atoms with E-state index in [0.717, 1.165) is 19.4 Å². The zero-order valence-electron chi connectivity index (χ0n) is 6.60. The van der Waals surface area contributed by atoms with Gasteiger partial charge >= 0.3 is 0 Å². The molecule has 0 heterocycles. The van der Waals surface area contributed by atoms with Crippen molar-refractivity contribution in [2.24, 2.45) is 5.41 Å². The maximum absolute atomic E-state index is 8.92. The second-order valence-corrected chi connectivity index (χ2v) is 3.25. The Bertz CT molecular complexity index is 97.4. The Kier molecular flexibility index (Phi) is 2.69. The molecule has 1 N–H and O–H groups in total. The van der Waals surface area contributed by atoms with E-state index in [0.29, 0.717) is 12.0 Å². The highest BCUT2D eigenvalue weighted by atomic mass is 16.5. The Hall–Kier alpha value is -0.0800. The summed E-state index contributed by atoms with van der Waals surface area (Å²) in [6, 6.07) is 0. The maximum Gasteiger partial charge on any atom is 0.0487 e. The number of rotatable bonds is 5. The van der Waals surface area contributed by atoms with Crippen LogP contribution < -0.4 is 0 Å². The third kappa shape index (κ3) is 1.96. The van der Waals surface area contributed by atoms with Crippen molar-refractivity contribution >= 4 is 0 Å². The van der Waals surface area contributed by atoms with Crippen molar-refractivity contribution < 1.29 is 9.84 Å². The highest BCUT2D eigenvalue weighted by molar-refractivity contribution is 4.91. The number of aliphatic hydroxyl groups is 1. The number of aliphatic hydroxyl groups excluding tert-OH is 1. The minimum Gasteiger partial charge on any atom is -0.396 e. The van der Waals surface area contributed by atoms with Crippen molar-refractivity contribution in [3.63, 3.8) is 0 Å². The Morgan fingerprint density at radius 3 is 2.60 bits per heavy atom. The van der Waals surface area contributed by atoms with E-state index in [-0.39, 0.29) is 0 Å². The van der Waals surface area contributed by atoms with Gasteiger partial charge in [-0.15, -0.1) is 0 Å². The topological polar surface area (TPSA) is 29.5 Å². The minimum atomic E-state index is 0.318. The SMILES string of the molecule is COCCCC1(CO)CC1. The molecule has 0 radical (unpaired) electrons. The molecule has 0 bridgehead atoms. The zero-order chi connectivity index (χ0) is 7.45. The molecule has 0 aliphatic heterocycles. The molecule has 10 heavy (non-hydrogen) atoms. The Balaban J connectivity index is 2.01. The molecule has 1 aliphatic rings. The quantitative estimate of drug-likeness (QED) is 0.587. The smallest absolute Gasteiger partial charge is 0.0487 e. The van der Waals surface area contributed by atoms with Crippen LogP contribution in [-0.4, -0.2) is 25.4 Å². The van der Waals surface area contributed by atoms with Gasteiger partial charge in [-0.25, -0.2) is 0 Å². The molecule has 1 rings (SSSR count).